The van der Waals surface area contributed by atoms with Gasteiger partial charge >= 0.3 is 0 Å². The standard InChI is InChI=1S/C11H13Cl2NS/c12-7-3-4-9(13)8(6-7)11(14)10-2-1-5-15-10/h3-4,6,10-11H,1-2,5,14H2. The maximum absolute atomic E-state index is 6.21. The lowest BCUT2D eigenvalue weighted by atomic mass is 10.0. The molecule has 2 rings (SSSR count). The highest BCUT2D eigenvalue weighted by Gasteiger charge is 2.25. The van der Waals surface area contributed by atoms with Crippen LogP contribution in [0, 0.1) is 0 Å². The van der Waals surface area contributed by atoms with Crippen LogP contribution >= 0.6 is 35.0 Å². The molecular weight excluding hydrogens is 249 g/mol. The second-order valence-corrected chi connectivity index (χ2v) is 5.93. The van der Waals surface area contributed by atoms with Crippen LogP contribution in [0.25, 0.3) is 0 Å². The number of halogens is 2. The SMILES string of the molecule is NC(c1cc(Cl)ccc1Cl)C1CCCS1. The Balaban J connectivity index is 2.23. The Labute approximate surface area is 104 Å². The van der Waals surface area contributed by atoms with E-state index in [1.807, 2.05) is 23.9 Å². The first-order valence-electron chi connectivity index (χ1n) is 5.00. The van der Waals surface area contributed by atoms with Gasteiger partial charge in [-0.05, 0) is 42.4 Å². The fourth-order valence-corrected chi connectivity index (χ4v) is 3.60. The largest absolute Gasteiger partial charge is 0.323 e. The smallest absolute Gasteiger partial charge is 0.0455 e. The van der Waals surface area contributed by atoms with Crippen LogP contribution in [0.3, 0.4) is 0 Å². The Hall–Kier alpha value is 0.110. The van der Waals surface area contributed by atoms with Gasteiger partial charge < -0.3 is 5.73 Å². The fraction of sp³-hybridized carbons (Fsp3) is 0.455. The lowest BCUT2D eigenvalue weighted by molar-refractivity contribution is 0.646. The Morgan fingerprint density at radius 1 is 1.40 bits per heavy atom. The minimum absolute atomic E-state index is 0.00343. The average molecular weight is 262 g/mol. The van der Waals surface area contributed by atoms with Crippen molar-refractivity contribution >= 4 is 35.0 Å². The zero-order chi connectivity index (χ0) is 10.8. The molecule has 0 aromatic heterocycles. The maximum atomic E-state index is 6.21. The third-order valence-corrected chi connectivity index (χ3v) is 4.74. The first kappa shape index (κ1) is 11.6. The summed E-state index contributed by atoms with van der Waals surface area (Å²) in [4.78, 5) is 0. The minimum atomic E-state index is 0.00343. The maximum Gasteiger partial charge on any atom is 0.0455 e. The van der Waals surface area contributed by atoms with Crippen molar-refractivity contribution in [2.24, 2.45) is 5.73 Å². The summed E-state index contributed by atoms with van der Waals surface area (Å²) in [7, 11) is 0. The van der Waals surface area contributed by atoms with Gasteiger partial charge in [0.2, 0.25) is 0 Å². The van der Waals surface area contributed by atoms with Crippen molar-refractivity contribution in [1.82, 2.24) is 0 Å². The summed E-state index contributed by atoms with van der Waals surface area (Å²) in [5.74, 6) is 1.20. The number of rotatable bonds is 2. The van der Waals surface area contributed by atoms with Crippen LogP contribution in [0.2, 0.25) is 10.0 Å². The van der Waals surface area contributed by atoms with Gasteiger partial charge in [-0.15, -0.1) is 0 Å². The molecule has 4 heteroatoms. The molecule has 15 heavy (non-hydrogen) atoms. The number of hydrogen-bond donors (Lipinski definition) is 1. The number of hydrogen-bond acceptors (Lipinski definition) is 2. The third-order valence-electron chi connectivity index (χ3n) is 2.68. The van der Waals surface area contributed by atoms with Gasteiger partial charge in [0.25, 0.3) is 0 Å². The number of benzene rings is 1. The summed E-state index contributed by atoms with van der Waals surface area (Å²) in [6.45, 7) is 0. The van der Waals surface area contributed by atoms with E-state index in [1.54, 1.807) is 6.07 Å². The van der Waals surface area contributed by atoms with Crippen molar-refractivity contribution in [1.29, 1.82) is 0 Å². The summed E-state index contributed by atoms with van der Waals surface area (Å²) >= 11 is 14.0. The molecule has 82 valence electrons. The molecule has 1 saturated heterocycles. The molecule has 0 aliphatic carbocycles. The predicted molar refractivity (Wildman–Crippen MR) is 68.9 cm³/mol. The van der Waals surface area contributed by atoms with Gasteiger partial charge in [-0.1, -0.05) is 23.2 Å². The molecule has 1 fully saturated rings. The van der Waals surface area contributed by atoms with Crippen molar-refractivity contribution < 1.29 is 0 Å². The van der Waals surface area contributed by atoms with Crippen LogP contribution in [0.15, 0.2) is 18.2 Å². The van der Waals surface area contributed by atoms with Crippen LogP contribution < -0.4 is 5.73 Å². The lowest BCUT2D eigenvalue weighted by Gasteiger charge is -2.19. The van der Waals surface area contributed by atoms with E-state index in [0.717, 1.165) is 10.6 Å². The van der Waals surface area contributed by atoms with Crippen LogP contribution in [0.1, 0.15) is 24.4 Å². The molecule has 1 aliphatic rings. The molecule has 0 amide bonds. The van der Waals surface area contributed by atoms with E-state index in [9.17, 15) is 0 Å². The van der Waals surface area contributed by atoms with Crippen LogP contribution in [-0.4, -0.2) is 11.0 Å². The normalized spacial score (nSPS) is 23.0. The van der Waals surface area contributed by atoms with Gasteiger partial charge in [0, 0.05) is 21.3 Å². The van der Waals surface area contributed by atoms with Crippen molar-refractivity contribution in [2.45, 2.75) is 24.1 Å². The molecule has 1 aromatic rings. The zero-order valence-corrected chi connectivity index (χ0v) is 10.6. The van der Waals surface area contributed by atoms with Gasteiger partial charge in [0.15, 0.2) is 0 Å². The van der Waals surface area contributed by atoms with Crippen molar-refractivity contribution in [3.63, 3.8) is 0 Å². The molecule has 2 N–H and O–H groups in total. The van der Waals surface area contributed by atoms with E-state index in [0.29, 0.717) is 10.3 Å². The molecule has 0 radical (unpaired) electrons. The highest BCUT2D eigenvalue weighted by molar-refractivity contribution is 8.00. The molecule has 0 bridgehead atoms. The van der Waals surface area contributed by atoms with Gasteiger partial charge in [0.1, 0.15) is 0 Å². The van der Waals surface area contributed by atoms with Crippen LogP contribution in [0.5, 0.6) is 0 Å². The second-order valence-electron chi connectivity index (χ2n) is 3.74. The Kier molecular flexibility index (Phi) is 3.83. The first-order valence-corrected chi connectivity index (χ1v) is 6.81. The molecule has 2 atom stereocenters. The van der Waals surface area contributed by atoms with E-state index in [-0.39, 0.29) is 6.04 Å². The number of thioether (sulfide) groups is 1. The van der Waals surface area contributed by atoms with E-state index >= 15 is 0 Å². The molecular formula is C11H13Cl2NS. The molecule has 0 saturated carbocycles. The third kappa shape index (κ3) is 2.62. The number of nitrogens with two attached hydrogens (primary N) is 1. The molecule has 2 unspecified atom stereocenters. The lowest BCUT2D eigenvalue weighted by Crippen LogP contribution is -2.21. The monoisotopic (exact) mass is 261 g/mol. The van der Waals surface area contributed by atoms with Gasteiger partial charge in [-0.3, -0.25) is 0 Å². The quantitative estimate of drug-likeness (QED) is 0.875. The summed E-state index contributed by atoms with van der Waals surface area (Å²) in [5, 5.41) is 1.91. The van der Waals surface area contributed by atoms with Gasteiger partial charge in [0.05, 0.1) is 0 Å². The van der Waals surface area contributed by atoms with E-state index in [1.165, 1.54) is 18.6 Å². The predicted octanol–water partition coefficient (Wildman–Crippen LogP) is 3.89. The highest BCUT2D eigenvalue weighted by Crippen LogP contribution is 2.37. The molecule has 1 aliphatic heterocycles. The van der Waals surface area contributed by atoms with E-state index in [2.05, 4.69) is 0 Å². The summed E-state index contributed by atoms with van der Waals surface area (Å²) < 4.78 is 0. The fourth-order valence-electron chi connectivity index (χ4n) is 1.86. The van der Waals surface area contributed by atoms with E-state index in [4.69, 9.17) is 28.9 Å². The van der Waals surface area contributed by atoms with Crippen molar-refractivity contribution in [3.8, 4) is 0 Å². The minimum Gasteiger partial charge on any atom is -0.323 e. The zero-order valence-electron chi connectivity index (χ0n) is 8.25. The van der Waals surface area contributed by atoms with Crippen LogP contribution in [0.4, 0.5) is 0 Å². The summed E-state index contributed by atoms with van der Waals surface area (Å²) in [6, 6.07) is 5.50. The van der Waals surface area contributed by atoms with Crippen molar-refractivity contribution in [3.05, 3.63) is 33.8 Å². The second kappa shape index (κ2) is 4.96. The Morgan fingerprint density at radius 3 is 2.87 bits per heavy atom. The molecule has 1 heterocycles. The van der Waals surface area contributed by atoms with Crippen LogP contribution in [-0.2, 0) is 0 Å². The molecule has 1 aromatic carbocycles. The Morgan fingerprint density at radius 2 is 2.20 bits per heavy atom. The van der Waals surface area contributed by atoms with Gasteiger partial charge in [-0.2, -0.15) is 11.8 Å². The summed E-state index contributed by atoms with van der Waals surface area (Å²) in [5.41, 5.74) is 7.18. The first-order chi connectivity index (χ1) is 7.18. The molecule has 0 spiro atoms. The topological polar surface area (TPSA) is 26.0 Å². The van der Waals surface area contributed by atoms with E-state index < -0.39 is 0 Å². The molecule has 1 nitrogen and oxygen atoms in total. The van der Waals surface area contributed by atoms with Gasteiger partial charge in [-0.25, -0.2) is 0 Å². The Bertz CT molecular complexity index is 350. The van der Waals surface area contributed by atoms with Crippen molar-refractivity contribution in [2.75, 3.05) is 5.75 Å². The average Bonchev–Trinajstić information content (AvgIpc) is 2.74. The highest BCUT2D eigenvalue weighted by atomic mass is 35.5. The summed E-state index contributed by atoms with van der Waals surface area (Å²) in [6.07, 6.45) is 2.43.